The molecule has 0 radical (unpaired) electrons. The van der Waals surface area contributed by atoms with E-state index in [1.165, 1.54) is 43.3 Å². The van der Waals surface area contributed by atoms with Crippen molar-refractivity contribution in [2.45, 2.75) is 13.1 Å². The zero-order valence-electron chi connectivity index (χ0n) is 30.9. The molecule has 54 heavy (non-hydrogen) atoms. The van der Waals surface area contributed by atoms with Crippen LogP contribution in [0.2, 0.25) is 0 Å². The summed E-state index contributed by atoms with van der Waals surface area (Å²) < 4.78 is 6.15. The van der Waals surface area contributed by atoms with Crippen LogP contribution >= 0.6 is 7.26 Å². The average molecular weight is 717 g/mol. The fourth-order valence-electron chi connectivity index (χ4n) is 8.09. The van der Waals surface area contributed by atoms with Gasteiger partial charge in [0.2, 0.25) is 0 Å². The first kappa shape index (κ1) is 36.4. The van der Waals surface area contributed by atoms with E-state index in [1.807, 2.05) is 0 Å². The molecule has 0 heterocycles. The molecule has 0 aromatic heterocycles. The zero-order chi connectivity index (χ0) is 36.9. The quantitative estimate of drug-likeness (QED) is 0.0963. The van der Waals surface area contributed by atoms with Crippen LogP contribution < -0.4 is 42.5 Å². The third kappa shape index (κ3) is 7.58. The third-order valence-corrected chi connectivity index (χ3v) is 14.8. The number of hydrogen-bond acceptors (Lipinski definition) is 1. The molecule has 0 aliphatic rings. The van der Waals surface area contributed by atoms with Crippen molar-refractivity contribution in [3.63, 3.8) is 0 Å². The van der Waals surface area contributed by atoms with Crippen LogP contribution in [-0.2, 0) is 6.16 Å². The van der Waals surface area contributed by atoms with E-state index in [4.69, 9.17) is 4.74 Å². The van der Waals surface area contributed by atoms with Crippen molar-refractivity contribution < 1.29 is 4.74 Å². The Balaban J connectivity index is 0.000000168. The maximum absolute atomic E-state index is 6.15. The second-order valence-electron chi connectivity index (χ2n) is 13.5. The molecule has 0 amide bonds. The summed E-state index contributed by atoms with van der Waals surface area (Å²) in [4.78, 5) is 0. The summed E-state index contributed by atoms with van der Waals surface area (Å²) in [6, 6.07) is 84.9. The molecule has 8 aromatic rings. The van der Waals surface area contributed by atoms with Crippen LogP contribution in [0.15, 0.2) is 237 Å². The maximum atomic E-state index is 6.15. The van der Waals surface area contributed by atoms with Crippen molar-refractivity contribution in [1.82, 2.24) is 0 Å². The van der Waals surface area contributed by atoms with Crippen LogP contribution in [0.4, 0.5) is 0 Å². The monoisotopic (exact) mass is 716 g/mol. The largest absolute Gasteiger partial charge is 0.490 e. The number of para-hydroxylation sites is 1. The predicted octanol–water partition coefficient (Wildman–Crippen LogP) is 8.64. The van der Waals surface area contributed by atoms with Gasteiger partial charge >= 0.3 is 0 Å². The minimum absolute atomic E-state index is 0.659. The van der Waals surface area contributed by atoms with E-state index >= 15 is 0 Å². The number of ether oxygens (including phenoxy) is 1. The van der Waals surface area contributed by atoms with Crippen molar-refractivity contribution in [3.8, 4) is 5.75 Å². The molecule has 0 bridgehead atoms. The smallest absolute Gasteiger partial charge is 0.162 e. The van der Waals surface area contributed by atoms with Crippen LogP contribution in [0.3, 0.4) is 0 Å². The van der Waals surface area contributed by atoms with Crippen LogP contribution in [0.1, 0.15) is 12.5 Å². The van der Waals surface area contributed by atoms with E-state index in [0.29, 0.717) is 6.61 Å². The van der Waals surface area contributed by atoms with E-state index in [0.717, 1.165) is 11.9 Å². The van der Waals surface area contributed by atoms with Gasteiger partial charge in [0.05, 0.1) is 12.8 Å². The van der Waals surface area contributed by atoms with Gasteiger partial charge in [0.15, 0.2) is 5.75 Å². The summed E-state index contributed by atoms with van der Waals surface area (Å²) in [5.41, 5.74) is 6.70. The standard InChI is InChI=1S/C27H26OP.C24H20B/c1-2-28-26-20-12-13-21-27(26)29(24-16-8-4-9-17-24,25-18-10-5-11-19-25)22-23-14-6-3-7-15-23;1-5-13-21(14-6-1)25(22-15-7-2-8-16-22,23-17-9-3-10-18-23)24-19-11-4-12-20-24/h3-21H,2,22H2,1H3;1-20H/q+1;-1. The molecule has 0 saturated carbocycles. The van der Waals surface area contributed by atoms with Gasteiger partial charge in [-0.1, -0.05) is 200 Å². The molecule has 0 unspecified atom stereocenters. The summed E-state index contributed by atoms with van der Waals surface area (Å²) in [6.07, 6.45) is -0.251. The Morgan fingerprint density at radius 1 is 0.370 bits per heavy atom. The Bertz CT molecular complexity index is 2080. The molecule has 3 heteroatoms. The molecule has 8 aromatic carbocycles. The van der Waals surface area contributed by atoms with Gasteiger partial charge in [-0.3, -0.25) is 0 Å². The highest BCUT2D eigenvalue weighted by atomic mass is 31.2. The van der Waals surface area contributed by atoms with Crippen molar-refractivity contribution >= 4 is 51.2 Å². The van der Waals surface area contributed by atoms with Crippen molar-refractivity contribution in [2.24, 2.45) is 0 Å². The van der Waals surface area contributed by atoms with E-state index in [1.54, 1.807) is 0 Å². The van der Waals surface area contributed by atoms with E-state index in [2.05, 4.69) is 244 Å². The Morgan fingerprint density at radius 2 is 0.685 bits per heavy atom. The Morgan fingerprint density at radius 3 is 1.06 bits per heavy atom. The first-order valence-electron chi connectivity index (χ1n) is 18.9. The SMILES string of the molecule is CCOc1ccccc1[P+](Cc1ccccc1)(c1ccccc1)c1ccccc1.c1ccc([B-](c2ccccc2)(c2ccccc2)c2ccccc2)cc1. The topological polar surface area (TPSA) is 9.23 Å². The second kappa shape index (κ2) is 17.7. The van der Waals surface area contributed by atoms with E-state index in [9.17, 15) is 0 Å². The molecular formula is C51H46BOP. The molecule has 0 aliphatic heterocycles. The van der Waals surface area contributed by atoms with Gasteiger partial charge in [-0.05, 0) is 48.9 Å². The second-order valence-corrected chi connectivity index (χ2v) is 17.0. The molecular weight excluding hydrogens is 670 g/mol. The van der Waals surface area contributed by atoms with Crippen LogP contribution in [0.5, 0.6) is 5.75 Å². The highest BCUT2D eigenvalue weighted by Gasteiger charge is 2.47. The van der Waals surface area contributed by atoms with Crippen molar-refractivity contribution in [1.29, 1.82) is 0 Å². The van der Waals surface area contributed by atoms with Gasteiger partial charge in [-0.2, -0.15) is 21.9 Å². The average Bonchev–Trinajstić information content (AvgIpc) is 3.26. The van der Waals surface area contributed by atoms with E-state index in [-0.39, 0.29) is 0 Å². The highest BCUT2D eigenvalue weighted by Crippen LogP contribution is 2.59. The van der Waals surface area contributed by atoms with Crippen LogP contribution in [0, 0.1) is 0 Å². The molecule has 0 aliphatic carbocycles. The summed E-state index contributed by atoms with van der Waals surface area (Å²) in [7, 11) is -1.97. The van der Waals surface area contributed by atoms with Gasteiger partial charge in [-0.15, -0.1) is 0 Å². The summed E-state index contributed by atoms with van der Waals surface area (Å²) in [6.45, 7) is 2.71. The van der Waals surface area contributed by atoms with Gasteiger partial charge in [-0.25, -0.2) is 0 Å². The molecule has 8 rings (SSSR count). The predicted molar refractivity (Wildman–Crippen MR) is 237 cm³/mol. The summed E-state index contributed by atoms with van der Waals surface area (Å²) in [5.74, 6) is 0.993. The lowest BCUT2D eigenvalue weighted by molar-refractivity contribution is 0.343. The van der Waals surface area contributed by atoms with Crippen LogP contribution in [0.25, 0.3) is 0 Å². The van der Waals surface area contributed by atoms with Gasteiger partial charge in [0, 0.05) is 0 Å². The van der Waals surface area contributed by atoms with Crippen molar-refractivity contribution in [3.05, 3.63) is 242 Å². The van der Waals surface area contributed by atoms with Gasteiger partial charge in [0.1, 0.15) is 29.3 Å². The minimum atomic E-state index is -1.97. The first-order chi connectivity index (χ1) is 26.8. The lowest BCUT2D eigenvalue weighted by atomic mass is 9.13. The Kier molecular flexibility index (Phi) is 11.9. The molecule has 0 saturated heterocycles. The maximum Gasteiger partial charge on any atom is 0.162 e. The fraction of sp³-hybridized carbons (Fsp3) is 0.0588. The molecule has 1 nitrogen and oxygen atoms in total. The highest BCUT2D eigenvalue weighted by molar-refractivity contribution is 7.95. The molecule has 0 spiro atoms. The van der Waals surface area contributed by atoms with Gasteiger partial charge in [0.25, 0.3) is 0 Å². The summed E-state index contributed by atoms with van der Waals surface area (Å²) in [5, 5.41) is 4.06. The molecule has 264 valence electrons. The van der Waals surface area contributed by atoms with E-state index < -0.39 is 13.4 Å². The van der Waals surface area contributed by atoms with Crippen LogP contribution in [-0.4, -0.2) is 12.8 Å². The zero-order valence-corrected chi connectivity index (χ0v) is 31.8. The molecule has 0 fully saturated rings. The molecule has 0 atom stereocenters. The Hall–Kier alpha value is -5.95. The minimum Gasteiger partial charge on any atom is -0.490 e. The lowest BCUT2D eigenvalue weighted by Crippen LogP contribution is -2.74. The number of hydrogen-bond donors (Lipinski definition) is 0. The number of benzene rings is 8. The summed E-state index contributed by atoms with van der Waals surface area (Å²) >= 11 is 0. The molecule has 0 N–H and O–H groups in total. The fourth-order valence-corrected chi connectivity index (χ4v) is 12.5. The van der Waals surface area contributed by atoms with Gasteiger partial charge < -0.3 is 4.74 Å². The first-order valence-corrected chi connectivity index (χ1v) is 20.9. The Labute approximate surface area is 322 Å². The normalized spacial score (nSPS) is 11.2. The third-order valence-electron chi connectivity index (χ3n) is 10.4. The van der Waals surface area contributed by atoms with Crippen molar-refractivity contribution in [2.75, 3.05) is 6.61 Å². The number of rotatable bonds is 11. The lowest BCUT2D eigenvalue weighted by Gasteiger charge is -2.44.